The minimum absolute atomic E-state index is 0.386. The minimum Gasteiger partial charge on any atom is -0.467 e. The van der Waals surface area contributed by atoms with Crippen molar-refractivity contribution in [1.29, 1.82) is 0 Å². The van der Waals surface area contributed by atoms with Crippen molar-refractivity contribution in [3.05, 3.63) is 54.5 Å². The highest BCUT2D eigenvalue weighted by Crippen LogP contribution is 2.24. The van der Waals surface area contributed by atoms with E-state index < -0.39 is 0 Å². The first-order valence-electron chi connectivity index (χ1n) is 5.51. The molecule has 3 rings (SSSR count). The highest BCUT2D eigenvalue weighted by molar-refractivity contribution is 5.81. The molecular weight excluding hydrogens is 212 g/mol. The molecule has 0 saturated carbocycles. The quantitative estimate of drug-likeness (QED) is 0.728. The van der Waals surface area contributed by atoms with Crippen molar-refractivity contribution in [2.75, 3.05) is 0 Å². The van der Waals surface area contributed by atoms with Gasteiger partial charge in [0.15, 0.2) is 0 Å². The van der Waals surface area contributed by atoms with Crippen LogP contribution in [-0.2, 0) is 6.54 Å². The average molecular weight is 224 g/mol. The molecule has 2 N–H and O–H groups in total. The van der Waals surface area contributed by atoms with Crippen molar-refractivity contribution < 1.29 is 4.42 Å². The van der Waals surface area contributed by atoms with Crippen LogP contribution in [0.2, 0.25) is 0 Å². The van der Waals surface area contributed by atoms with Crippen molar-refractivity contribution in [3.8, 4) is 11.3 Å². The van der Waals surface area contributed by atoms with Gasteiger partial charge < -0.3 is 10.2 Å². The van der Waals surface area contributed by atoms with Crippen molar-refractivity contribution in [2.24, 2.45) is 5.73 Å². The maximum Gasteiger partial charge on any atom is 0.126 e. The molecule has 2 aromatic heterocycles. The summed E-state index contributed by atoms with van der Waals surface area (Å²) in [5.41, 5.74) is 8.48. The predicted molar refractivity (Wildman–Crippen MR) is 67.3 cm³/mol. The molecular formula is C14H12N2O. The number of benzene rings is 1. The van der Waals surface area contributed by atoms with Gasteiger partial charge in [-0.25, -0.2) is 4.98 Å². The van der Waals surface area contributed by atoms with Gasteiger partial charge in [-0.3, -0.25) is 0 Å². The molecule has 0 unspecified atom stereocenters. The van der Waals surface area contributed by atoms with Crippen LogP contribution in [0.3, 0.4) is 0 Å². The van der Waals surface area contributed by atoms with Gasteiger partial charge in [-0.05, 0) is 18.2 Å². The lowest BCUT2D eigenvalue weighted by atomic mass is 10.1. The molecule has 0 spiro atoms. The highest BCUT2D eigenvalue weighted by atomic mass is 16.3. The second-order valence-electron chi connectivity index (χ2n) is 3.85. The Balaban J connectivity index is 2.18. The summed E-state index contributed by atoms with van der Waals surface area (Å²) in [5, 5.41) is 1.13. The Morgan fingerprint density at radius 2 is 1.94 bits per heavy atom. The van der Waals surface area contributed by atoms with Crippen LogP contribution in [0.15, 0.2) is 53.1 Å². The van der Waals surface area contributed by atoms with E-state index in [0.29, 0.717) is 6.54 Å². The van der Waals surface area contributed by atoms with Crippen molar-refractivity contribution >= 4 is 10.9 Å². The predicted octanol–water partition coefficient (Wildman–Crippen LogP) is 2.95. The first kappa shape index (κ1) is 10.1. The summed E-state index contributed by atoms with van der Waals surface area (Å²) in [4.78, 5) is 4.61. The maximum absolute atomic E-state index is 5.62. The lowest BCUT2D eigenvalue weighted by Gasteiger charge is -2.02. The SMILES string of the molecule is NCc1occc1-c1ccc2ccccc2n1. The summed E-state index contributed by atoms with van der Waals surface area (Å²) in [7, 11) is 0. The molecule has 0 fully saturated rings. The molecule has 3 nitrogen and oxygen atoms in total. The largest absolute Gasteiger partial charge is 0.467 e. The molecule has 0 radical (unpaired) electrons. The second-order valence-corrected chi connectivity index (χ2v) is 3.85. The average Bonchev–Trinajstić information content (AvgIpc) is 2.86. The number of pyridine rings is 1. The van der Waals surface area contributed by atoms with E-state index in [0.717, 1.165) is 27.9 Å². The van der Waals surface area contributed by atoms with Crippen molar-refractivity contribution in [2.45, 2.75) is 6.54 Å². The molecule has 0 aliphatic heterocycles. The van der Waals surface area contributed by atoms with Crippen LogP contribution in [0.25, 0.3) is 22.2 Å². The van der Waals surface area contributed by atoms with Gasteiger partial charge >= 0.3 is 0 Å². The van der Waals surface area contributed by atoms with Crippen molar-refractivity contribution in [3.63, 3.8) is 0 Å². The molecule has 0 aliphatic rings. The number of rotatable bonds is 2. The van der Waals surface area contributed by atoms with Gasteiger partial charge in [0.1, 0.15) is 5.76 Å². The number of hydrogen-bond acceptors (Lipinski definition) is 3. The van der Waals surface area contributed by atoms with Crippen LogP contribution >= 0.6 is 0 Å². The molecule has 3 aromatic rings. The van der Waals surface area contributed by atoms with E-state index in [1.54, 1.807) is 6.26 Å². The smallest absolute Gasteiger partial charge is 0.126 e. The van der Waals surface area contributed by atoms with Crippen LogP contribution in [0.5, 0.6) is 0 Å². The Hall–Kier alpha value is -2.13. The van der Waals surface area contributed by atoms with Crippen molar-refractivity contribution in [1.82, 2.24) is 4.98 Å². The lowest BCUT2D eigenvalue weighted by molar-refractivity contribution is 0.513. The highest BCUT2D eigenvalue weighted by Gasteiger charge is 2.08. The Labute approximate surface area is 98.9 Å². The normalized spacial score (nSPS) is 10.9. The van der Waals surface area contributed by atoms with Gasteiger partial charge in [0, 0.05) is 10.9 Å². The standard InChI is InChI=1S/C14H12N2O/c15-9-14-11(7-8-17-14)13-6-5-10-3-1-2-4-12(10)16-13/h1-8H,9,15H2. The molecule has 3 heteroatoms. The van der Waals surface area contributed by atoms with Crippen LogP contribution in [-0.4, -0.2) is 4.98 Å². The van der Waals surface area contributed by atoms with E-state index in [1.807, 2.05) is 36.4 Å². The molecule has 0 saturated heterocycles. The number of aromatic nitrogens is 1. The van der Waals surface area contributed by atoms with Crippen LogP contribution in [0.4, 0.5) is 0 Å². The fourth-order valence-electron chi connectivity index (χ4n) is 1.94. The molecule has 0 amide bonds. The van der Waals surface area contributed by atoms with Gasteiger partial charge in [-0.2, -0.15) is 0 Å². The molecule has 0 aliphatic carbocycles. The van der Waals surface area contributed by atoms with Gasteiger partial charge in [-0.1, -0.05) is 24.3 Å². The Bertz CT molecular complexity index is 658. The molecule has 2 heterocycles. The summed E-state index contributed by atoms with van der Waals surface area (Å²) < 4.78 is 5.32. The number of nitrogens with zero attached hydrogens (tertiary/aromatic N) is 1. The molecule has 0 bridgehead atoms. The van der Waals surface area contributed by atoms with E-state index in [4.69, 9.17) is 10.2 Å². The van der Waals surface area contributed by atoms with E-state index in [1.165, 1.54) is 0 Å². The minimum atomic E-state index is 0.386. The topological polar surface area (TPSA) is 52.0 Å². The number of furan rings is 1. The number of hydrogen-bond donors (Lipinski definition) is 1. The summed E-state index contributed by atoms with van der Waals surface area (Å²) >= 11 is 0. The van der Waals surface area contributed by atoms with Crippen LogP contribution in [0, 0.1) is 0 Å². The van der Waals surface area contributed by atoms with E-state index >= 15 is 0 Å². The van der Waals surface area contributed by atoms with Gasteiger partial charge in [0.2, 0.25) is 0 Å². The third-order valence-electron chi connectivity index (χ3n) is 2.81. The molecule has 17 heavy (non-hydrogen) atoms. The van der Waals surface area contributed by atoms with E-state index in [9.17, 15) is 0 Å². The zero-order valence-electron chi connectivity index (χ0n) is 9.26. The number of para-hydroxylation sites is 1. The zero-order chi connectivity index (χ0) is 11.7. The van der Waals surface area contributed by atoms with Gasteiger partial charge in [0.25, 0.3) is 0 Å². The molecule has 84 valence electrons. The third kappa shape index (κ3) is 1.70. The Morgan fingerprint density at radius 1 is 1.06 bits per heavy atom. The third-order valence-corrected chi connectivity index (χ3v) is 2.81. The molecule has 0 atom stereocenters. The summed E-state index contributed by atoms with van der Waals surface area (Å²) in [6.07, 6.45) is 1.65. The zero-order valence-corrected chi connectivity index (χ0v) is 9.26. The Morgan fingerprint density at radius 3 is 2.82 bits per heavy atom. The molecule has 1 aromatic carbocycles. The van der Waals surface area contributed by atoms with E-state index in [2.05, 4.69) is 11.1 Å². The fourth-order valence-corrected chi connectivity index (χ4v) is 1.94. The summed E-state index contributed by atoms with van der Waals surface area (Å²) in [5.74, 6) is 0.771. The van der Waals surface area contributed by atoms with Gasteiger partial charge in [-0.15, -0.1) is 0 Å². The summed E-state index contributed by atoms with van der Waals surface area (Å²) in [6.45, 7) is 0.386. The first-order valence-corrected chi connectivity index (χ1v) is 5.51. The number of fused-ring (bicyclic) bond motifs is 1. The van der Waals surface area contributed by atoms with Gasteiger partial charge in [0.05, 0.1) is 24.0 Å². The van der Waals surface area contributed by atoms with E-state index in [-0.39, 0.29) is 0 Å². The Kier molecular flexibility index (Phi) is 2.38. The second kappa shape index (κ2) is 4.03. The lowest BCUT2D eigenvalue weighted by Crippen LogP contribution is -1.96. The fraction of sp³-hybridized carbons (Fsp3) is 0.0714. The van der Waals surface area contributed by atoms with Crippen LogP contribution in [0.1, 0.15) is 5.76 Å². The number of nitrogens with two attached hydrogens (primary N) is 1. The first-order chi connectivity index (χ1) is 8.38. The maximum atomic E-state index is 5.62. The monoisotopic (exact) mass is 224 g/mol. The van der Waals surface area contributed by atoms with Crippen LogP contribution < -0.4 is 5.73 Å². The summed E-state index contributed by atoms with van der Waals surface area (Å²) in [6, 6.07) is 14.0.